The van der Waals surface area contributed by atoms with Crippen molar-refractivity contribution in [2.24, 2.45) is 5.10 Å². The van der Waals surface area contributed by atoms with Crippen LogP contribution in [0.15, 0.2) is 75.4 Å². The Labute approximate surface area is 225 Å². The van der Waals surface area contributed by atoms with Gasteiger partial charge in [0.15, 0.2) is 22.5 Å². The molecule has 11 heteroatoms. The number of methoxy groups -OCH3 is 1. The van der Waals surface area contributed by atoms with Gasteiger partial charge >= 0.3 is 0 Å². The summed E-state index contributed by atoms with van der Waals surface area (Å²) in [5.74, 6) is 0.691. The van der Waals surface area contributed by atoms with Crippen LogP contribution in [0, 0.1) is 6.92 Å². The second-order valence-electron chi connectivity index (χ2n) is 7.62. The van der Waals surface area contributed by atoms with Crippen molar-refractivity contribution in [1.29, 1.82) is 0 Å². The number of benzene rings is 3. The van der Waals surface area contributed by atoms with Gasteiger partial charge in [-0.25, -0.2) is 5.43 Å². The van der Waals surface area contributed by atoms with Crippen LogP contribution in [0.2, 0.25) is 5.02 Å². The van der Waals surface area contributed by atoms with Crippen molar-refractivity contribution in [1.82, 2.24) is 20.2 Å². The number of rotatable bonds is 8. The van der Waals surface area contributed by atoms with Gasteiger partial charge in [0.1, 0.15) is 0 Å². The minimum Gasteiger partial charge on any atom is -0.503 e. The standard InChI is InChI=1S/C25H21BrClN5O3S/c1-15-3-5-17(6-4-15)24-30-31-25(32(24)19-9-7-18(27)8-10-19)36-14-22(33)29-28-13-16-11-20(26)23(34)21(12-16)35-2/h3-13,34H,14H2,1-2H3,(H,29,33)/b28-13-. The molecule has 0 aliphatic heterocycles. The number of phenolic OH excluding ortho intramolecular Hbond substituents is 1. The Morgan fingerprint density at radius 1 is 1.19 bits per heavy atom. The van der Waals surface area contributed by atoms with E-state index in [1.807, 2.05) is 47.9 Å². The molecule has 0 aliphatic rings. The Morgan fingerprint density at radius 2 is 1.92 bits per heavy atom. The van der Waals surface area contributed by atoms with Gasteiger partial charge in [-0.1, -0.05) is 53.2 Å². The van der Waals surface area contributed by atoms with Crippen LogP contribution in [-0.2, 0) is 4.79 Å². The first-order valence-electron chi connectivity index (χ1n) is 10.7. The number of amides is 1. The molecule has 8 nitrogen and oxygen atoms in total. The molecule has 1 aromatic heterocycles. The van der Waals surface area contributed by atoms with Crippen LogP contribution in [0.1, 0.15) is 11.1 Å². The van der Waals surface area contributed by atoms with Crippen LogP contribution >= 0.6 is 39.3 Å². The zero-order valence-corrected chi connectivity index (χ0v) is 22.4. The molecule has 184 valence electrons. The molecule has 1 amide bonds. The first-order valence-corrected chi connectivity index (χ1v) is 12.8. The van der Waals surface area contributed by atoms with Gasteiger partial charge < -0.3 is 9.84 Å². The number of thioether (sulfide) groups is 1. The van der Waals surface area contributed by atoms with E-state index in [1.54, 1.807) is 24.3 Å². The van der Waals surface area contributed by atoms with Gasteiger partial charge in [-0.2, -0.15) is 5.10 Å². The lowest BCUT2D eigenvalue weighted by atomic mass is 10.1. The lowest BCUT2D eigenvalue weighted by Gasteiger charge is -2.10. The topological polar surface area (TPSA) is 102 Å². The van der Waals surface area contributed by atoms with E-state index in [1.165, 1.54) is 25.1 Å². The number of aryl methyl sites for hydroxylation is 1. The molecule has 0 saturated carbocycles. The van der Waals surface area contributed by atoms with Crippen molar-refractivity contribution in [3.63, 3.8) is 0 Å². The molecule has 0 bridgehead atoms. The molecule has 36 heavy (non-hydrogen) atoms. The third-order valence-corrected chi connectivity index (χ3v) is 6.82. The number of hydrogen-bond acceptors (Lipinski definition) is 7. The highest BCUT2D eigenvalue weighted by atomic mass is 79.9. The molecule has 0 spiro atoms. The SMILES string of the molecule is COc1cc(/C=N\NC(=O)CSc2nnc(-c3ccc(C)cc3)n2-c2ccc(Cl)cc2)cc(Br)c1O. The summed E-state index contributed by atoms with van der Waals surface area (Å²) in [5.41, 5.74) is 6.00. The fourth-order valence-electron chi connectivity index (χ4n) is 3.24. The summed E-state index contributed by atoms with van der Waals surface area (Å²) in [6, 6.07) is 18.6. The number of carbonyl (C=O) groups excluding carboxylic acids is 1. The van der Waals surface area contributed by atoms with Crippen molar-refractivity contribution in [3.05, 3.63) is 81.3 Å². The molecule has 0 unspecified atom stereocenters. The molecule has 0 aliphatic carbocycles. The van der Waals surface area contributed by atoms with Crippen LogP contribution in [0.25, 0.3) is 17.1 Å². The first kappa shape index (κ1) is 25.7. The molecule has 0 radical (unpaired) electrons. The Kier molecular flexibility index (Phi) is 8.29. The smallest absolute Gasteiger partial charge is 0.250 e. The second kappa shape index (κ2) is 11.6. The number of aromatic nitrogens is 3. The number of ether oxygens (including phenoxy) is 1. The maximum atomic E-state index is 12.5. The summed E-state index contributed by atoms with van der Waals surface area (Å²) in [4.78, 5) is 12.5. The summed E-state index contributed by atoms with van der Waals surface area (Å²) >= 11 is 10.6. The summed E-state index contributed by atoms with van der Waals surface area (Å²) in [5, 5.41) is 23.8. The monoisotopic (exact) mass is 585 g/mol. The molecule has 3 aromatic carbocycles. The summed E-state index contributed by atoms with van der Waals surface area (Å²) in [6.07, 6.45) is 1.46. The third-order valence-electron chi connectivity index (χ3n) is 5.03. The maximum Gasteiger partial charge on any atom is 0.250 e. The highest BCUT2D eigenvalue weighted by molar-refractivity contribution is 9.10. The molecule has 4 rings (SSSR count). The number of carbonyl (C=O) groups is 1. The van der Waals surface area contributed by atoms with Crippen molar-refractivity contribution in [2.75, 3.05) is 12.9 Å². The van der Waals surface area contributed by atoms with E-state index in [-0.39, 0.29) is 17.4 Å². The van der Waals surface area contributed by atoms with E-state index in [4.69, 9.17) is 16.3 Å². The Bertz CT molecular complexity index is 1410. The number of hydrazone groups is 1. The summed E-state index contributed by atoms with van der Waals surface area (Å²) in [7, 11) is 1.45. The van der Waals surface area contributed by atoms with Gasteiger partial charge in [-0.15, -0.1) is 10.2 Å². The quantitative estimate of drug-likeness (QED) is 0.158. The predicted octanol–water partition coefficient (Wildman–Crippen LogP) is 5.62. The highest BCUT2D eigenvalue weighted by Gasteiger charge is 2.17. The molecule has 0 saturated heterocycles. The van der Waals surface area contributed by atoms with E-state index in [0.29, 0.717) is 31.8 Å². The van der Waals surface area contributed by atoms with Crippen molar-refractivity contribution >= 4 is 51.4 Å². The fraction of sp³-hybridized carbons (Fsp3) is 0.120. The highest BCUT2D eigenvalue weighted by Crippen LogP contribution is 2.34. The Balaban J connectivity index is 1.49. The lowest BCUT2D eigenvalue weighted by Crippen LogP contribution is -2.20. The average Bonchev–Trinajstić information content (AvgIpc) is 3.29. The van der Waals surface area contributed by atoms with Gasteiger partial charge in [0.05, 0.1) is 23.5 Å². The minimum absolute atomic E-state index is 0.00936. The molecule has 0 atom stereocenters. The normalized spacial score (nSPS) is 11.1. The van der Waals surface area contributed by atoms with Crippen LogP contribution in [0.4, 0.5) is 0 Å². The molecule has 1 heterocycles. The van der Waals surface area contributed by atoms with Gasteiger partial charge in [0, 0.05) is 16.3 Å². The van der Waals surface area contributed by atoms with E-state index in [0.717, 1.165) is 16.8 Å². The van der Waals surface area contributed by atoms with Crippen LogP contribution in [-0.4, -0.2) is 44.9 Å². The molecular weight excluding hydrogens is 566 g/mol. The number of nitrogens with zero attached hydrogens (tertiary/aromatic N) is 4. The van der Waals surface area contributed by atoms with E-state index < -0.39 is 0 Å². The van der Waals surface area contributed by atoms with Crippen molar-refractivity contribution in [2.45, 2.75) is 12.1 Å². The number of phenols is 1. The van der Waals surface area contributed by atoms with Gasteiger partial charge in [0.2, 0.25) is 0 Å². The van der Waals surface area contributed by atoms with Crippen LogP contribution < -0.4 is 10.2 Å². The summed E-state index contributed by atoms with van der Waals surface area (Å²) in [6.45, 7) is 2.02. The van der Waals surface area contributed by atoms with E-state index >= 15 is 0 Å². The van der Waals surface area contributed by atoms with E-state index in [2.05, 4.69) is 36.7 Å². The Morgan fingerprint density at radius 3 is 2.61 bits per heavy atom. The average molecular weight is 587 g/mol. The molecule has 4 aromatic rings. The lowest BCUT2D eigenvalue weighted by molar-refractivity contribution is -0.118. The zero-order valence-electron chi connectivity index (χ0n) is 19.3. The van der Waals surface area contributed by atoms with Crippen LogP contribution in [0.5, 0.6) is 11.5 Å². The Hall–Kier alpha value is -3.34. The summed E-state index contributed by atoms with van der Waals surface area (Å²) < 4.78 is 7.47. The molecule has 2 N–H and O–H groups in total. The van der Waals surface area contributed by atoms with Crippen molar-refractivity contribution < 1.29 is 14.6 Å². The predicted molar refractivity (Wildman–Crippen MR) is 145 cm³/mol. The first-order chi connectivity index (χ1) is 17.4. The zero-order chi connectivity index (χ0) is 25.7. The maximum absolute atomic E-state index is 12.5. The number of nitrogens with one attached hydrogen (secondary N) is 1. The number of halogens is 2. The number of aromatic hydroxyl groups is 1. The fourth-order valence-corrected chi connectivity index (χ4v) is 4.57. The molecular formula is C25H21BrClN5O3S. The van der Waals surface area contributed by atoms with Crippen LogP contribution in [0.3, 0.4) is 0 Å². The minimum atomic E-state index is -0.316. The largest absolute Gasteiger partial charge is 0.503 e. The van der Waals surface area contributed by atoms with Gasteiger partial charge in [-0.05, 0) is 64.8 Å². The van der Waals surface area contributed by atoms with Gasteiger partial charge in [0.25, 0.3) is 5.91 Å². The third kappa shape index (κ3) is 6.07. The van der Waals surface area contributed by atoms with E-state index in [9.17, 15) is 9.90 Å². The van der Waals surface area contributed by atoms with Crippen molar-refractivity contribution in [3.8, 4) is 28.6 Å². The van der Waals surface area contributed by atoms with Gasteiger partial charge in [-0.3, -0.25) is 9.36 Å². The number of hydrogen-bond donors (Lipinski definition) is 2. The molecule has 0 fully saturated rings. The second-order valence-corrected chi connectivity index (χ2v) is 9.85.